The minimum absolute atomic E-state index is 0.0204. The zero-order valence-corrected chi connectivity index (χ0v) is 19.7. The number of halogens is 6. The highest BCUT2D eigenvalue weighted by Gasteiger charge is 2.49. The molecule has 0 spiro atoms. The number of likely N-dealkylation sites (tertiary alicyclic amines) is 1. The van der Waals surface area contributed by atoms with Gasteiger partial charge in [-0.1, -0.05) is 36.4 Å². The quantitative estimate of drug-likeness (QED) is 0.299. The number of alkyl halides is 6. The molecule has 0 radical (unpaired) electrons. The molecule has 1 aromatic heterocycles. The number of hydrogen-bond acceptors (Lipinski definition) is 3. The molecule has 2 aliphatic heterocycles. The Labute approximate surface area is 215 Å². The van der Waals surface area contributed by atoms with Crippen LogP contribution >= 0.6 is 0 Å². The molecule has 13 heteroatoms. The van der Waals surface area contributed by atoms with Gasteiger partial charge in [-0.2, -0.15) is 26.3 Å². The predicted molar refractivity (Wildman–Crippen MR) is 128 cm³/mol. The Morgan fingerprint density at radius 1 is 0.923 bits per heavy atom. The average molecular weight is 548 g/mol. The fourth-order valence-corrected chi connectivity index (χ4v) is 5.51. The van der Waals surface area contributed by atoms with Crippen LogP contribution in [0.15, 0.2) is 65.5 Å². The summed E-state index contributed by atoms with van der Waals surface area (Å²) in [5.74, 6) is -0.389. The SMILES string of the molecule is O=C(Nc1cc(C(F)(F)F)cc(C(F)(F)F)c1)N1C[C@@H]2C[C@H]1c1c(O)n(-c3cccc4ccccc34)c(=O)n12. The lowest BCUT2D eigenvalue weighted by Crippen LogP contribution is -2.40. The number of nitrogens with one attached hydrogen (secondary N) is 1. The Hall–Kier alpha value is -4.42. The van der Waals surface area contributed by atoms with Crippen LogP contribution in [0.25, 0.3) is 16.5 Å². The smallest absolute Gasteiger partial charge is 0.416 e. The van der Waals surface area contributed by atoms with Crippen molar-refractivity contribution in [2.24, 2.45) is 0 Å². The first kappa shape index (κ1) is 24.9. The van der Waals surface area contributed by atoms with Gasteiger partial charge in [-0.05, 0) is 36.1 Å². The van der Waals surface area contributed by atoms with Gasteiger partial charge in [0.15, 0.2) is 0 Å². The number of nitrogens with zero attached hydrogens (tertiary/aromatic N) is 3. The van der Waals surface area contributed by atoms with Gasteiger partial charge in [0.05, 0.1) is 28.9 Å². The topological polar surface area (TPSA) is 79.5 Å². The van der Waals surface area contributed by atoms with E-state index in [1.54, 1.807) is 24.3 Å². The fourth-order valence-electron chi connectivity index (χ4n) is 5.51. The number of carbonyl (C=O) groups excluding carboxylic acids is 1. The molecule has 0 unspecified atom stereocenters. The second kappa shape index (κ2) is 8.29. The summed E-state index contributed by atoms with van der Waals surface area (Å²) < 4.78 is 81.9. The Morgan fingerprint density at radius 2 is 1.56 bits per heavy atom. The van der Waals surface area contributed by atoms with Crippen LogP contribution in [0, 0.1) is 0 Å². The maximum atomic E-state index is 13.4. The molecule has 1 saturated heterocycles. The molecule has 2 aliphatic rings. The lowest BCUT2D eigenvalue weighted by Gasteiger charge is -2.28. The highest BCUT2D eigenvalue weighted by atomic mass is 19.4. The van der Waals surface area contributed by atoms with Crippen LogP contribution in [0.4, 0.5) is 36.8 Å². The van der Waals surface area contributed by atoms with Gasteiger partial charge in [0, 0.05) is 17.6 Å². The number of carbonyl (C=O) groups is 1. The van der Waals surface area contributed by atoms with Crippen LogP contribution in [-0.2, 0) is 12.4 Å². The van der Waals surface area contributed by atoms with Crippen LogP contribution in [0.2, 0.25) is 0 Å². The number of rotatable bonds is 2. The van der Waals surface area contributed by atoms with E-state index in [0.29, 0.717) is 23.2 Å². The highest BCUT2D eigenvalue weighted by Crippen LogP contribution is 2.49. The average Bonchev–Trinajstić information content (AvgIpc) is 3.54. The molecule has 3 heterocycles. The van der Waals surface area contributed by atoms with E-state index in [9.17, 15) is 41.0 Å². The molecule has 0 aliphatic carbocycles. The second-order valence-corrected chi connectivity index (χ2v) is 9.48. The summed E-state index contributed by atoms with van der Waals surface area (Å²) in [6.45, 7) is -0.0204. The predicted octanol–water partition coefficient (Wildman–Crippen LogP) is 6.07. The molecule has 202 valence electrons. The van der Waals surface area contributed by atoms with Gasteiger partial charge in [0.2, 0.25) is 5.88 Å². The number of benzene rings is 3. The molecule has 6 rings (SSSR count). The van der Waals surface area contributed by atoms with Crippen molar-refractivity contribution >= 4 is 22.5 Å². The summed E-state index contributed by atoms with van der Waals surface area (Å²) in [5.41, 5.74) is -3.74. The lowest BCUT2D eigenvalue weighted by atomic mass is 10.1. The minimum Gasteiger partial charge on any atom is -0.493 e. The Bertz CT molecular complexity index is 1670. The molecule has 7 nitrogen and oxygen atoms in total. The molecule has 1 fully saturated rings. The molecule has 2 bridgehead atoms. The van der Waals surface area contributed by atoms with Gasteiger partial charge in [-0.15, -0.1) is 0 Å². The van der Waals surface area contributed by atoms with Crippen molar-refractivity contribution in [1.82, 2.24) is 14.0 Å². The fraction of sp³-hybridized carbons (Fsp3) is 0.231. The van der Waals surface area contributed by atoms with Gasteiger partial charge >= 0.3 is 24.1 Å². The first-order valence-electron chi connectivity index (χ1n) is 11.8. The molecule has 3 aromatic carbocycles. The van der Waals surface area contributed by atoms with Crippen molar-refractivity contribution in [3.05, 3.63) is 88.0 Å². The number of aromatic hydroxyl groups is 1. The van der Waals surface area contributed by atoms with Crippen LogP contribution in [0.3, 0.4) is 0 Å². The summed E-state index contributed by atoms with van der Waals surface area (Å²) in [6.07, 6.45) is -9.88. The third kappa shape index (κ3) is 3.91. The van der Waals surface area contributed by atoms with Crippen molar-refractivity contribution in [3.8, 4) is 11.6 Å². The molecule has 39 heavy (non-hydrogen) atoms. The van der Waals surface area contributed by atoms with E-state index < -0.39 is 53.0 Å². The number of fused-ring (bicyclic) bond motifs is 6. The zero-order valence-electron chi connectivity index (χ0n) is 19.7. The molecule has 2 atom stereocenters. The van der Waals surface area contributed by atoms with Gasteiger partial charge in [-0.25, -0.2) is 14.2 Å². The Morgan fingerprint density at radius 3 is 2.23 bits per heavy atom. The summed E-state index contributed by atoms with van der Waals surface area (Å²) in [5, 5.41) is 14.8. The Balaban J connectivity index is 1.35. The maximum absolute atomic E-state index is 13.4. The first-order valence-corrected chi connectivity index (χ1v) is 11.8. The number of hydrogen-bond donors (Lipinski definition) is 2. The highest BCUT2D eigenvalue weighted by molar-refractivity contribution is 5.91. The number of aromatic nitrogens is 2. The standard InChI is InChI=1S/C26H18F6N4O3/c27-25(28,29)14-8-15(26(30,31)32)10-16(9-14)33-23(38)34-12-17-11-20(34)21-22(37)36(24(39)35(17)21)19-7-3-5-13-4-1-2-6-18(13)19/h1-10,17,20,37H,11-12H2,(H,33,38)/t17-,20-/m0/s1. The molecule has 4 aromatic rings. The van der Waals surface area contributed by atoms with Crippen molar-refractivity contribution in [2.45, 2.75) is 30.9 Å². The normalized spacial score (nSPS) is 18.6. The van der Waals surface area contributed by atoms with Gasteiger partial charge in [0.25, 0.3) is 0 Å². The van der Waals surface area contributed by atoms with E-state index in [-0.39, 0.29) is 30.6 Å². The zero-order chi connectivity index (χ0) is 27.9. The third-order valence-corrected chi connectivity index (χ3v) is 7.16. The Kier molecular flexibility index (Phi) is 5.29. The van der Waals surface area contributed by atoms with Crippen LogP contribution in [-0.4, -0.2) is 31.7 Å². The molecular formula is C26H18F6N4O3. The van der Waals surface area contributed by atoms with Crippen molar-refractivity contribution in [2.75, 3.05) is 11.9 Å². The van der Waals surface area contributed by atoms with E-state index in [1.807, 2.05) is 18.2 Å². The monoisotopic (exact) mass is 548 g/mol. The molecule has 2 N–H and O–H groups in total. The molecule has 0 saturated carbocycles. The van der Waals surface area contributed by atoms with E-state index in [1.165, 1.54) is 9.47 Å². The van der Waals surface area contributed by atoms with Crippen molar-refractivity contribution in [1.29, 1.82) is 0 Å². The van der Waals surface area contributed by atoms with E-state index in [2.05, 4.69) is 5.32 Å². The van der Waals surface area contributed by atoms with Crippen LogP contribution < -0.4 is 11.0 Å². The van der Waals surface area contributed by atoms with E-state index in [4.69, 9.17) is 0 Å². The van der Waals surface area contributed by atoms with Crippen LogP contribution in [0.5, 0.6) is 5.88 Å². The third-order valence-electron chi connectivity index (χ3n) is 7.16. The summed E-state index contributed by atoms with van der Waals surface area (Å²) in [7, 11) is 0. The van der Waals surface area contributed by atoms with Gasteiger partial charge in [0.1, 0.15) is 5.69 Å². The number of amides is 2. The summed E-state index contributed by atoms with van der Waals surface area (Å²) in [4.78, 5) is 27.6. The number of imidazole rings is 1. The maximum Gasteiger partial charge on any atom is 0.416 e. The summed E-state index contributed by atoms with van der Waals surface area (Å²) in [6, 6.07) is 11.0. The van der Waals surface area contributed by atoms with E-state index in [0.717, 1.165) is 9.95 Å². The first-order chi connectivity index (χ1) is 18.3. The van der Waals surface area contributed by atoms with E-state index >= 15 is 0 Å². The van der Waals surface area contributed by atoms with Gasteiger partial charge in [-0.3, -0.25) is 4.57 Å². The molecule has 2 amide bonds. The number of anilines is 1. The van der Waals surface area contributed by atoms with Crippen LogP contribution in [0.1, 0.15) is 35.3 Å². The minimum atomic E-state index is -5.07. The van der Waals surface area contributed by atoms with Crippen molar-refractivity contribution in [3.63, 3.8) is 0 Å². The van der Waals surface area contributed by atoms with Crippen molar-refractivity contribution < 1.29 is 36.2 Å². The lowest BCUT2D eigenvalue weighted by molar-refractivity contribution is -0.143. The molecular weight excluding hydrogens is 530 g/mol. The number of urea groups is 1. The second-order valence-electron chi connectivity index (χ2n) is 9.48. The summed E-state index contributed by atoms with van der Waals surface area (Å²) >= 11 is 0. The van der Waals surface area contributed by atoms with Gasteiger partial charge < -0.3 is 15.3 Å². The largest absolute Gasteiger partial charge is 0.493 e.